The second kappa shape index (κ2) is 6.90. The zero-order valence-corrected chi connectivity index (χ0v) is 15.4. The minimum Gasteiger partial charge on any atom is -0.339 e. The number of nitrogens with zero attached hydrogens (tertiary/aromatic N) is 2. The van der Waals surface area contributed by atoms with Gasteiger partial charge in [0.05, 0.1) is 17.1 Å². The molecular weight excluding hydrogens is 350 g/mol. The van der Waals surface area contributed by atoms with Gasteiger partial charge in [-0.15, -0.1) is 11.3 Å². The molecule has 25 heavy (non-hydrogen) atoms. The van der Waals surface area contributed by atoms with Gasteiger partial charge in [-0.25, -0.2) is 4.98 Å². The molecule has 0 aliphatic carbocycles. The van der Waals surface area contributed by atoms with Crippen molar-refractivity contribution in [3.05, 3.63) is 59.6 Å². The van der Waals surface area contributed by atoms with E-state index >= 15 is 0 Å². The van der Waals surface area contributed by atoms with Gasteiger partial charge in [0.1, 0.15) is 0 Å². The van der Waals surface area contributed by atoms with Gasteiger partial charge in [-0.2, -0.15) is 0 Å². The minimum absolute atomic E-state index is 0.0115. The molecule has 126 valence electrons. The third-order valence-corrected chi connectivity index (χ3v) is 5.97. The summed E-state index contributed by atoms with van der Waals surface area (Å²) < 4.78 is 0. The average Bonchev–Trinajstić information content (AvgIpc) is 3.03. The van der Waals surface area contributed by atoms with Gasteiger partial charge in [0.15, 0.2) is 5.13 Å². The number of anilines is 3. The Bertz CT molecular complexity index is 877. The molecule has 0 spiro atoms. The van der Waals surface area contributed by atoms with Crippen LogP contribution in [0.3, 0.4) is 0 Å². The maximum absolute atomic E-state index is 12.3. The van der Waals surface area contributed by atoms with E-state index in [9.17, 15) is 4.79 Å². The molecule has 6 heteroatoms. The first-order chi connectivity index (χ1) is 12.2. The molecule has 0 saturated carbocycles. The summed E-state index contributed by atoms with van der Waals surface area (Å²) in [6.07, 6.45) is 0.409. The fourth-order valence-corrected chi connectivity index (χ4v) is 4.63. The Balaban J connectivity index is 1.53. The molecule has 1 aromatic heterocycles. The monoisotopic (exact) mass is 367 g/mol. The zero-order valence-electron chi connectivity index (χ0n) is 13.7. The number of benzene rings is 2. The van der Waals surface area contributed by atoms with Crippen LogP contribution in [0.5, 0.6) is 0 Å². The highest BCUT2D eigenvalue weighted by molar-refractivity contribution is 7.99. The highest BCUT2D eigenvalue weighted by Crippen LogP contribution is 2.47. The van der Waals surface area contributed by atoms with E-state index in [1.165, 1.54) is 21.1 Å². The van der Waals surface area contributed by atoms with E-state index in [4.69, 9.17) is 0 Å². The van der Waals surface area contributed by atoms with Crippen LogP contribution in [0.4, 0.5) is 16.5 Å². The number of aromatic nitrogens is 1. The first kappa shape index (κ1) is 16.2. The Morgan fingerprint density at radius 2 is 1.72 bits per heavy atom. The van der Waals surface area contributed by atoms with E-state index < -0.39 is 0 Å². The van der Waals surface area contributed by atoms with Crippen LogP contribution in [0.15, 0.2) is 63.7 Å². The number of carbonyl (C=O) groups excluding carboxylic acids is 1. The van der Waals surface area contributed by atoms with E-state index in [0.717, 1.165) is 17.1 Å². The lowest BCUT2D eigenvalue weighted by Crippen LogP contribution is -2.25. The minimum atomic E-state index is -0.0115. The SMILES string of the molecule is Cc1csc(NC(=O)CCN2c3ccccc3Sc3ccccc32)n1. The molecule has 3 aromatic rings. The smallest absolute Gasteiger partial charge is 0.227 e. The highest BCUT2D eigenvalue weighted by Gasteiger charge is 2.23. The Hall–Kier alpha value is -2.31. The fraction of sp³-hybridized carbons (Fsp3) is 0.158. The summed E-state index contributed by atoms with van der Waals surface area (Å²) in [6, 6.07) is 16.7. The molecule has 0 bridgehead atoms. The quantitative estimate of drug-likeness (QED) is 0.698. The fourth-order valence-electron chi connectivity index (χ4n) is 2.83. The van der Waals surface area contributed by atoms with Gasteiger partial charge in [-0.05, 0) is 31.2 Å². The number of hydrogen-bond acceptors (Lipinski definition) is 5. The largest absolute Gasteiger partial charge is 0.339 e. The van der Waals surface area contributed by atoms with Crippen molar-refractivity contribution in [2.45, 2.75) is 23.1 Å². The normalized spacial score (nSPS) is 12.4. The molecule has 2 aromatic carbocycles. The van der Waals surface area contributed by atoms with Crippen LogP contribution < -0.4 is 10.2 Å². The molecule has 1 aliphatic rings. The van der Waals surface area contributed by atoms with Gasteiger partial charge in [0, 0.05) is 28.1 Å². The second-order valence-electron chi connectivity index (χ2n) is 5.78. The van der Waals surface area contributed by atoms with E-state index in [-0.39, 0.29) is 5.91 Å². The first-order valence-corrected chi connectivity index (χ1v) is 9.76. The number of fused-ring (bicyclic) bond motifs is 2. The Morgan fingerprint density at radius 3 is 2.32 bits per heavy atom. The summed E-state index contributed by atoms with van der Waals surface area (Å²) >= 11 is 3.23. The molecule has 1 aliphatic heterocycles. The van der Waals surface area contributed by atoms with Crippen LogP contribution in [0, 0.1) is 6.92 Å². The lowest BCUT2D eigenvalue weighted by molar-refractivity contribution is -0.116. The standard InChI is InChI=1S/C19H17N3OS2/c1-13-12-24-19(20-13)21-18(23)10-11-22-14-6-2-4-8-16(14)25-17-9-5-3-7-15(17)22/h2-9,12H,10-11H2,1H3,(H,20,21,23). The van der Waals surface area contributed by atoms with Crippen LogP contribution in [-0.4, -0.2) is 17.4 Å². The maximum atomic E-state index is 12.3. The summed E-state index contributed by atoms with van der Waals surface area (Å²) in [5.41, 5.74) is 3.24. The topological polar surface area (TPSA) is 45.2 Å². The van der Waals surface area contributed by atoms with E-state index in [2.05, 4.69) is 51.6 Å². The van der Waals surface area contributed by atoms with Gasteiger partial charge >= 0.3 is 0 Å². The Labute approximate surface area is 154 Å². The summed E-state index contributed by atoms with van der Waals surface area (Å²) in [6.45, 7) is 2.55. The third kappa shape index (κ3) is 3.41. The summed E-state index contributed by atoms with van der Waals surface area (Å²) in [4.78, 5) is 21.3. The number of thiazole rings is 1. The number of para-hydroxylation sites is 2. The van der Waals surface area contributed by atoms with Crippen molar-refractivity contribution >= 4 is 45.5 Å². The summed E-state index contributed by atoms with van der Waals surface area (Å²) in [5, 5.41) is 5.49. The number of rotatable bonds is 4. The number of amides is 1. The number of hydrogen-bond donors (Lipinski definition) is 1. The van der Waals surface area contributed by atoms with Crippen molar-refractivity contribution in [1.29, 1.82) is 0 Å². The molecule has 0 unspecified atom stereocenters. The van der Waals surface area contributed by atoms with Crippen molar-refractivity contribution in [2.24, 2.45) is 0 Å². The van der Waals surface area contributed by atoms with Crippen LogP contribution in [0.1, 0.15) is 12.1 Å². The molecule has 4 nitrogen and oxygen atoms in total. The lowest BCUT2D eigenvalue weighted by atomic mass is 10.2. The molecular formula is C19H17N3OS2. The summed E-state index contributed by atoms with van der Waals surface area (Å²) in [7, 11) is 0. The second-order valence-corrected chi connectivity index (χ2v) is 7.72. The molecule has 2 heterocycles. The average molecular weight is 367 g/mol. The molecule has 0 radical (unpaired) electrons. The van der Waals surface area contributed by atoms with Crippen LogP contribution in [-0.2, 0) is 4.79 Å². The molecule has 0 saturated heterocycles. The molecule has 0 atom stereocenters. The lowest BCUT2D eigenvalue weighted by Gasteiger charge is -2.32. The Morgan fingerprint density at radius 1 is 1.08 bits per heavy atom. The van der Waals surface area contributed by atoms with Gasteiger partial charge < -0.3 is 10.2 Å². The third-order valence-electron chi connectivity index (χ3n) is 3.96. The molecule has 0 fully saturated rings. The van der Waals surface area contributed by atoms with Crippen LogP contribution in [0.2, 0.25) is 0 Å². The van der Waals surface area contributed by atoms with E-state index in [0.29, 0.717) is 18.1 Å². The molecule has 4 rings (SSSR count). The number of carbonyl (C=O) groups is 1. The van der Waals surface area contributed by atoms with Gasteiger partial charge in [0.25, 0.3) is 0 Å². The van der Waals surface area contributed by atoms with E-state index in [1.54, 1.807) is 11.8 Å². The van der Waals surface area contributed by atoms with Crippen LogP contribution >= 0.6 is 23.1 Å². The predicted molar refractivity (Wildman–Crippen MR) is 104 cm³/mol. The van der Waals surface area contributed by atoms with Crippen molar-refractivity contribution < 1.29 is 4.79 Å². The van der Waals surface area contributed by atoms with Crippen molar-refractivity contribution in [3.8, 4) is 0 Å². The first-order valence-electron chi connectivity index (χ1n) is 8.06. The van der Waals surface area contributed by atoms with E-state index in [1.807, 2.05) is 24.4 Å². The number of nitrogens with one attached hydrogen (secondary N) is 1. The predicted octanol–water partition coefficient (Wildman–Crippen LogP) is 5.08. The number of aryl methyl sites for hydroxylation is 1. The van der Waals surface area contributed by atoms with Gasteiger partial charge in [-0.3, -0.25) is 4.79 Å². The molecule has 1 amide bonds. The van der Waals surface area contributed by atoms with Crippen LogP contribution in [0.25, 0.3) is 0 Å². The Kier molecular flexibility index (Phi) is 4.46. The van der Waals surface area contributed by atoms with Gasteiger partial charge in [-0.1, -0.05) is 36.0 Å². The molecule has 1 N–H and O–H groups in total. The zero-order chi connectivity index (χ0) is 17.2. The van der Waals surface area contributed by atoms with Crippen molar-refractivity contribution in [2.75, 3.05) is 16.8 Å². The summed E-state index contributed by atoms with van der Waals surface area (Å²) in [5.74, 6) is -0.0115. The van der Waals surface area contributed by atoms with Gasteiger partial charge in [0.2, 0.25) is 5.91 Å². The van der Waals surface area contributed by atoms with Crippen molar-refractivity contribution in [3.63, 3.8) is 0 Å². The maximum Gasteiger partial charge on any atom is 0.227 e. The van der Waals surface area contributed by atoms with Crippen molar-refractivity contribution in [1.82, 2.24) is 4.98 Å². The highest BCUT2D eigenvalue weighted by atomic mass is 32.2.